The number of carbonyl (C=O) groups excluding carboxylic acids is 2. The van der Waals surface area contributed by atoms with E-state index in [1.807, 2.05) is 0 Å². The maximum Gasteiger partial charge on any atom is 0.412 e. The van der Waals surface area contributed by atoms with E-state index in [-0.39, 0.29) is 21.5 Å². The zero-order valence-corrected chi connectivity index (χ0v) is 23.4. The molecule has 2 amide bonds. The van der Waals surface area contributed by atoms with Gasteiger partial charge in [-0.3, -0.25) is 14.8 Å². The Balaban J connectivity index is 1.70. The van der Waals surface area contributed by atoms with Crippen LogP contribution in [0.4, 0.5) is 30.1 Å². The van der Waals surface area contributed by atoms with Crippen LogP contribution in [0.3, 0.4) is 0 Å². The van der Waals surface area contributed by atoms with Crippen molar-refractivity contribution in [3.63, 3.8) is 0 Å². The predicted molar refractivity (Wildman–Crippen MR) is 146 cm³/mol. The molecular weight excluding hydrogens is 530 g/mol. The Morgan fingerprint density at radius 3 is 2.28 bits per heavy atom. The number of carbonyl (C=O) groups is 2. The Kier molecular flexibility index (Phi) is 8.38. The van der Waals surface area contributed by atoms with E-state index >= 15 is 0 Å². The van der Waals surface area contributed by atoms with Crippen LogP contribution >= 0.6 is 11.3 Å². The molecule has 210 valence electrons. The molecule has 0 saturated carbocycles. The molecule has 10 nitrogen and oxygen atoms in total. The van der Waals surface area contributed by atoms with Crippen molar-refractivity contribution < 1.29 is 27.8 Å². The topological polar surface area (TPSA) is 111 Å². The van der Waals surface area contributed by atoms with Gasteiger partial charge < -0.3 is 19.7 Å². The molecule has 0 atom stereocenters. The largest absolute Gasteiger partial charge is 0.497 e. The molecule has 1 fully saturated rings. The van der Waals surface area contributed by atoms with Crippen LogP contribution in [0.2, 0.25) is 0 Å². The lowest BCUT2D eigenvalue weighted by Crippen LogP contribution is -2.28. The van der Waals surface area contributed by atoms with Gasteiger partial charge in [0.15, 0.2) is 11.5 Å². The van der Waals surface area contributed by atoms with E-state index in [1.165, 1.54) is 13.3 Å². The Morgan fingerprint density at radius 2 is 1.69 bits per heavy atom. The zero-order valence-electron chi connectivity index (χ0n) is 22.6. The van der Waals surface area contributed by atoms with E-state index in [0.717, 1.165) is 68.1 Å². The summed E-state index contributed by atoms with van der Waals surface area (Å²) in [5.41, 5.74) is -1.02. The van der Waals surface area contributed by atoms with Gasteiger partial charge in [-0.1, -0.05) is 24.2 Å². The third kappa shape index (κ3) is 6.64. The molecule has 3 heterocycles. The van der Waals surface area contributed by atoms with Gasteiger partial charge in [0, 0.05) is 32.3 Å². The van der Waals surface area contributed by atoms with Gasteiger partial charge in [0.1, 0.15) is 38.7 Å². The van der Waals surface area contributed by atoms with E-state index in [4.69, 9.17) is 9.47 Å². The van der Waals surface area contributed by atoms with Crippen molar-refractivity contribution in [3.8, 4) is 16.3 Å². The molecule has 2 aromatic heterocycles. The van der Waals surface area contributed by atoms with E-state index in [9.17, 15) is 18.4 Å². The molecule has 0 spiro atoms. The lowest BCUT2D eigenvalue weighted by Gasteiger charge is -2.24. The van der Waals surface area contributed by atoms with Crippen LogP contribution in [0.5, 0.6) is 5.75 Å². The van der Waals surface area contributed by atoms with Gasteiger partial charge in [-0.05, 0) is 33.6 Å². The Labute approximate surface area is 229 Å². The third-order valence-electron chi connectivity index (χ3n) is 5.98. The van der Waals surface area contributed by atoms with Crippen LogP contribution < -0.4 is 20.3 Å². The van der Waals surface area contributed by atoms with Crippen molar-refractivity contribution >= 4 is 39.8 Å². The van der Waals surface area contributed by atoms with E-state index in [0.29, 0.717) is 5.69 Å². The number of hydrogen-bond donors (Lipinski definition) is 2. The van der Waals surface area contributed by atoms with Crippen LogP contribution in [-0.2, 0) is 11.8 Å². The number of aryl methyl sites for hydroxylation is 1. The van der Waals surface area contributed by atoms with Crippen LogP contribution in [-0.4, -0.2) is 52.6 Å². The van der Waals surface area contributed by atoms with Gasteiger partial charge in [-0.25, -0.2) is 18.6 Å². The number of benzene rings is 1. The van der Waals surface area contributed by atoms with Crippen molar-refractivity contribution in [1.29, 1.82) is 0 Å². The summed E-state index contributed by atoms with van der Waals surface area (Å²) in [6, 6.07) is 2.03. The van der Waals surface area contributed by atoms with E-state index < -0.39 is 34.8 Å². The number of nitrogens with zero attached hydrogens (tertiary/aromatic N) is 4. The molecule has 0 radical (unpaired) electrons. The highest BCUT2D eigenvalue weighted by Gasteiger charge is 2.28. The number of rotatable bonds is 6. The predicted octanol–water partition coefficient (Wildman–Crippen LogP) is 5.81. The summed E-state index contributed by atoms with van der Waals surface area (Å²) in [5, 5.41) is 9.49. The van der Waals surface area contributed by atoms with Gasteiger partial charge >= 0.3 is 6.09 Å². The van der Waals surface area contributed by atoms with E-state index in [2.05, 4.69) is 25.6 Å². The molecule has 4 rings (SSSR count). The van der Waals surface area contributed by atoms with Crippen molar-refractivity contribution in [2.24, 2.45) is 7.05 Å². The van der Waals surface area contributed by atoms with Gasteiger partial charge in [0.25, 0.3) is 5.91 Å². The summed E-state index contributed by atoms with van der Waals surface area (Å²) < 4.78 is 41.7. The SMILES string of the molecule is COc1cc(F)c(-c2nc(C(=O)Nc3cnn(C)c3N3CCCCCC3)c(NC(=O)OC(C)(C)C)s2)c(F)c1. The Hall–Kier alpha value is -3.74. The summed E-state index contributed by atoms with van der Waals surface area (Å²) in [4.78, 5) is 32.5. The fourth-order valence-electron chi connectivity index (χ4n) is 4.29. The van der Waals surface area contributed by atoms with E-state index in [1.54, 1.807) is 32.5 Å². The maximum atomic E-state index is 14.9. The minimum Gasteiger partial charge on any atom is -0.497 e. The summed E-state index contributed by atoms with van der Waals surface area (Å²) in [6.07, 6.45) is 5.02. The highest BCUT2D eigenvalue weighted by molar-refractivity contribution is 7.19. The summed E-state index contributed by atoms with van der Waals surface area (Å²) in [7, 11) is 3.09. The monoisotopic (exact) mass is 562 g/mol. The molecule has 0 unspecified atom stereocenters. The molecular formula is C26H32F2N6O4S. The summed E-state index contributed by atoms with van der Waals surface area (Å²) >= 11 is 0.752. The number of aromatic nitrogens is 3. The second-order valence-electron chi connectivity index (χ2n) is 10.2. The number of ether oxygens (including phenoxy) is 2. The Morgan fingerprint density at radius 1 is 1.05 bits per heavy atom. The first kappa shape index (κ1) is 28.3. The maximum absolute atomic E-state index is 14.9. The van der Waals surface area contributed by atoms with Crippen LogP contribution in [0, 0.1) is 11.6 Å². The number of amides is 2. The Bertz CT molecular complexity index is 1340. The highest BCUT2D eigenvalue weighted by Crippen LogP contribution is 2.38. The molecule has 0 aliphatic carbocycles. The van der Waals surface area contributed by atoms with Crippen molar-refractivity contribution in [3.05, 3.63) is 35.7 Å². The molecule has 2 N–H and O–H groups in total. The smallest absolute Gasteiger partial charge is 0.412 e. The van der Waals surface area contributed by atoms with Gasteiger partial charge in [0.2, 0.25) is 0 Å². The second-order valence-corrected chi connectivity index (χ2v) is 11.1. The highest BCUT2D eigenvalue weighted by atomic mass is 32.1. The van der Waals surface area contributed by atoms with Crippen molar-refractivity contribution in [2.75, 3.05) is 35.7 Å². The number of hydrogen-bond acceptors (Lipinski definition) is 8. The number of thiazole rings is 1. The third-order valence-corrected chi connectivity index (χ3v) is 6.97. The molecule has 1 aliphatic heterocycles. The minimum absolute atomic E-state index is 0.00649. The number of halogens is 2. The van der Waals surface area contributed by atoms with Crippen molar-refractivity contribution in [2.45, 2.75) is 52.1 Å². The molecule has 39 heavy (non-hydrogen) atoms. The first-order valence-electron chi connectivity index (χ1n) is 12.6. The quantitative estimate of drug-likeness (QED) is 0.390. The average Bonchev–Trinajstić information content (AvgIpc) is 3.29. The van der Waals surface area contributed by atoms with Crippen LogP contribution in [0.1, 0.15) is 56.9 Å². The van der Waals surface area contributed by atoms with Gasteiger partial charge in [0.05, 0.1) is 18.9 Å². The summed E-state index contributed by atoms with van der Waals surface area (Å²) in [5.74, 6) is -1.79. The van der Waals surface area contributed by atoms with Crippen LogP contribution in [0.15, 0.2) is 18.3 Å². The molecule has 13 heteroatoms. The first-order valence-corrected chi connectivity index (χ1v) is 13.4. The summed E-state index contributed by atoms with van der Waals surface area (Å²) in [6.45, 7) is 6.71. The molecule has 1 saturated heterocycles. The lowest BCUT2D eigenvalue weighted by atomic mass is 10.2. The van der Waals surface area contributed by atoms with Gasteiger partial charge in [-0.15, -0.1) is 0 Å². The zero-order chi connectivity index (χ0) is 28.3. The van der Waals surface area contributed by atoms with Gasteiger partial charge in [-0.2, -0.15) is 5.10 Å². The first-order chi connectivity index (χ1) is 18.5. The fourth-order valence-corrected chi connectivity index (χ4v) is 5.29. The average molecular weight is 563 g/mol. The minimum atomic E-state index is -0.924. The molecule has 0 bridgehead atoms. The lowest BCUT2D eigenvalue weighted by molar-refractivity contribution is 0.0636. The molecule has 3 aromatic rings. The number of nitrogens with one attached hydrogen (secondary N) is 2. The van der Waals surface area contributed by atoms with Crippen LogP contribution in [0.25, 0.3) is 10.6 Å². The molecule has 1 aliphatic rings. The number of anilines is 3. The number of methoxy groups -OCH3 is 1. The van der Waals surface area contributed by atoms with Crippen molar-refractivity contribution in [1.82, 2.24) is 14.8 Å². The fraction of sp³-hybridized carbons (Fsp3) is 0.462. The standard InChI is InChI=1S/C26H32F2N6O4S/c1-26(2,3)38-25(36)32-23-20(31-22(39-23)19-16(27)12-15(37-5)13-17(19)28)21(35)30-18-14-29-33(4)24(18)34-10-8-6-7-9-11-34/h12-14H,6-11H2,1-5H3,(H,30,35)(H,32,36). The second kappa shape index (κ2) is 11.6. The molecule has 1 aromatic carbocycles. The normalized spacial score (nSPS) is 14.1.